The van der Waals surface area contributed by atoms with Crippen molar-refractivity contribution in [2.24, 2.45) is 0 Å². The molecule has 0 spiro atoms. The molecule has 0 saturated carbocycles. The van der Waals surface area contributed by atoms with E-state index in [-0.39, 0.29) is 34.4 Å². The number of benzene rings is 1. The maximum atomic E-state index is 15.7. The van der Waals surface area contributed by atoms with E-state index in [0.717, 1.165) is 12.8 Å². The summed E-state index contributed by atoms with van der Waals surface area (Å²) < 4.78 is 26.4. The Morgan fingerprint density at radius 2 is 2.03 bits per heavy atom. The molecule has 0 unspecified atom stereocenters. The lowest BCUT2D eigenvalue weighted by atomic mass is 10.0. The fourth-order valence-electron chi connectivity index (χ4n) is 4.04. The number of esters is 1. The summed E-state index contributed by atoms with van der Waals surface area (Å²) in [6.07, 6.45) is 3.04. The van der Waals surface area contributed by atoms with Crippen LogP contribution in [0.5, 0.6) is 0 Å². The Kier molecular flexibility index (Phi) is 6.78. The lowest BCUT2D eigenvalue weighted by Crippen LogP contribution is -2.42. The van der Waals surface area contributed by atoms with Gasteiger partial charge in [-0.3, -0.25) is 4.79 Å². The van der Waals surface area contributed by atoms with Gasteiger partial charge in [-0.1, -0.05) is 17.7 Å². The van der Waals surface area contributed by atoms with Gasteiger partial charge in [0, 0.05) is 31.4 Å². The van der Waals surface area contributed by atoms with Crippen molar-refractivity contribution < 1.29 is 23.5 Å². The van der Waals surface area contributed by atoms with Crippen LogP contribution in [0, 0.1) is 5.82 Å². The molecule has 2 aliphatic heterocycles. The van der Waals surface area contributed by atoms with Crippen molar-refractivity contribution in [3.8, 4) is 11.3 Å². The molecule has 1 N–H and O–H groups in total. The number of anilines is 1. The van der Waals surface area contributed by atoms with Crippen molar-refractivity contribution in [1.29, 1.82) is 0 Å². The number of hydrogen-bond donors (Lipinski definition) is 1. The number of aromatic nitrogens is 2. The van der Waals surface area contributed by atoms with Crippen LogP contribution in [0.3, 0.4) is 0 Å². The van der Waals surface area contributed by atoms with Gasteiger partial charge in [0.2, 0.25) is 5.95 Å². The third kappa shape index (κ3) is 5.00. The zero-order chi connectivity index (χ0) is 24.6. The van der Waals surface area contributed by atoms with Crippen molar-refractivity contribution in [3.05, 3.63) is 40.3 Å². The van der Waals surface area contributed by atoms with Gasteiger partial charge in [0.15, 0.2) is 0 Å². The minimum absolute atomic E-state index is 0.0819. The number of carbonyl (C=O) groups is 2. The van der Waals surface area contributed by atoms with Gasteiger partial charge in [-0.2, -0.15) is 0 Å². The molecule has 3 heterocycles. The average molecular weight is 491 g/mol. The molecule has 1 fully saturated rings. The predicted molar refractivity (Wildman–Crippen MR) is 125 cm³/mol. The lowest BCUT2D eigenvalue weighted by Gasteiger charge is -2.27. The van der Waals surface area contributed by atoms with E-state index in [0.29, 0.717) is 24.7 Å². The maximum Gasteiger partial charge on any atom is 0.329 e. The molecule has 182 valence electrons. The summed E-state index contributed by atoms with van der Waals surface area (Å²) in [6.45, 7) is 8.24. The van der Waals surface area contributed by atoms with Gasteiger partial charge in [0.25, 0.3) is 5.91 Å². The Hall–Kier alpha value is -2.78. The first kappa shape index (κ1) is 24.3. The summed E-state index contributed by atoms with van der Waals surface area (Å²) in [5.41, 5.74) is 0.00712. The first-order chi connectivity index (χ1) is 16.0. The minimum atomic E-state index is -0.861. The fourth-order valence-corrected chi connectivity index (χ4v) is 4.23. The van der Waals surface area contributed by atoms with Crippen molar-refractivity contribution in [2.75, 3.05) is 18.5 Å². The maximum absolute atomic E-state index is 15.7. The van der Waals surface area contributed by atoms with E-state index >= 15 is 4.39 Å². The summed E-state index contributed by atoms with van der Waals surface area (Å²) in [5.74, 6) is -1.51. The first-order valence-electron chi connectivity index (χ1n) is 11.3. The molecule has 0 radical (unpaired) electrons. The van der Waals surface area contributed by atoms with Crippen molar-refractivity contribution in [2.45, 2.75) is 64.8 Å². The van der Waals surface area contributed by atoms with Gasteiger partial charge in [0.1, 0.15) is 17.5 Å². The van der Waals surface area contributed by atoms with E-state index in [1.165, 1.54) is 11.1 Å². The number of rotatable bonds is 5. The van der Waals surface area contributed by atoms with Gasteiger partial charge >= 0.3 is 5.97 Å². The van der Waals surface area contributed by atoms with Gasteiger partial charge in [-0.05, 0) is 52.2 Å². The molecule has 1 aromatic carbocycles. The monoisotopic (exact) mass is 490 g/mol. The van der Waals surface area contributed by atoms with Crippen LogP contribution in [0.2, 0.25) is 5.02 Å². The summed E-state index contributed by atoms with van der Waals surface area (Å²) in [7, 11) is 0. The molecule has 10 heteroatoms. The van der Waals surface area contributed by atoms with Gasteiger partial charge in [-0.25, -0.2) is 19.2 Å². The molecule has 2 aromatic rings. The normalized spacial score (nSPS) is 17.5. The Balaban J connectivity index is 1.60. The largest absolute Gasteiger partial charge is 0.458 e. The van der Waals surface area contributed by atoms with Crippen molar-refractivity contribution in [1.82, 2.24) is 14.9 Å². The topological polar surface area (TPSA) is 93.7 Å². The van der Waals surface area contributed by atoms with Gasteiger partial charge in [0.05, 0.1) is 22.5 Å². The second kappa shape index (κ2) is 9.46. The molecule has 1 saturated heterocycles. The highest BCUT2D eigenvalue weighted by Crippen LogP contribution is 2.35. The molecule has 0 bridgehead atoms. The second-order valence-electron chi connectivity index (χ2n) is 9.52. The number of halogens is 2. The van der Waals surface area contributed by atoms with Crippen LogP contribution in [-0.2, 0) is 20.8 Å². The fraction of sp³-hybridized carbons (Fsp3) is 0.500. The molecular formula is C24H28ClFN4O4. The highest BCUT2D eigenvalue weighted by Gasteiger charge is 2.38. The zero-order valence-corrected chi connectivity index (χ0v) is 20.4. The van der Waals surface area contributed by atoms with Crippen LogP contribution in [0.1, 0.15) is 56.5 Å². The van der Waals surface area contributed by atoms with E-state index in [1.54, 1.807) is 39.8 Å². The molecule has 2 aliphatic rings. The summed E-state index contributed by atoms with van der Waals surface area (Å²) in [4.78, 5) is 35.6. The second-order valence-corrected chi connectivity index (χ2v) is 9.93. The van der Waals surface area contributed by atoms with E-state index in [1.807, 2.05) is 0 Å². The Bertz CT molecular complexity index is 1110. The quantitative estimate of drug-likeness (QED) is 0.627. The summed E-state index contributed by atoms with van der Waals surface area (Å²) in [6, 6.07) is 2.50. The van der Waals surface area contributed by atoms with E-state index < -0.39 is 29.3 Å². The molecule has 4 rings (SSSR count). The first-order valence-corrected chi connectivity index (χ1v) is 11.7. The summed E-state index contributed by atoms with van der Waals surface area (Å²) >= 11 is 6.32. The highest BCUT2D eigenvalue weighted by atomic mass is 35.5. The number of nitrogens with zero attached hydrogens (tertiary/aromatic N) is 3. The lowest BCUT2D eigenvalue weighted by molar-refractivity contribution is -0.159. The number of fused-ring (bicyclic) bond motifs is 1. The van der Waals surface area contributed by atoms with Crippen LogP contribution < -0.4 is 5.32 Å². The van der Waals surface area contributed by atoms with Crippen LogP contribution in [0.4, 0.5) is 10.3 Å². The van der Waals surface area contributed by atoms with Crippen molar-refractivity contribution >= 4 is 29.4 Å². The van der Waals surface area contributed by atoms with E-state index in [4.69, 9.17) is 21.1 Å². The van der Waals surface area contributed by atoms with Crippen LogP contribution in [-0.4, -0.2) is 57.6 Å². The van der Waals surface area contributed by atoms with Gasteiger partial charge in [-0.15, -0.1) is 0 Å². The standard InChI is InChI=1S/C24H28ClFN4O4/c1-13(22(32)34-24(2,3)4)30-12-14-5-6-16(19(26)18(14)21(30)31)20-17(25)11-27-23(29-20)28-15-7-9-33-10-8-15/h5-6,11,13,15H,7-10,12H2,1-4H3,(H,27,28,29)/t13-/m1/s1. The van der Waals surface area contributed by atoms with Crippen molar-refractivity contribution in [3.63, 3.8) is 0 Å². The van der Waals surface area contributed by atoms with Gasteiger partial charge < -0.3 is 19.7 Å². The SMILES string of the molecule is C[C@H](C(=O)OC(C)(C)C)N1Cc2ccc(-c3nc(NC4CCOCC4)ncc3Cl)c(F)c2C1=O. The Morgan fingerprint density at radius 1 is 1.32 bits per heavy atom. The van der Waals surface area contributed by atoms with E-state index in [2.05, 4.69) is 15.3 Å². The smallest absolute Gasteiger partial charge is 0.329 e. The molecule has 0 aliphatic carbocycles. The molecule has 8 nitrogen and oxygen atoms in total. The minimum Gasteiger partial charge on any atom is -0.458 e. The number of ether oxygens (including phenoxy) is 2. The number of amides is 1. The number of carbonyl (C=O) groups excluding carboxylic acids is 2. The number of hydrogen-bond acceptors (Lipinski definition) is 7. The highest BCUT2D eigenvalue weighted by molar-refractivity contribution is 6.33. The Labute approximate surface area is 202 Å². The van der Waals surface area contributed by atoms with Crippen LogP contribution in [0.15, 0.2) is 18.3 Å². The van der Waals surface area contributed by atoms with Crippen LogP contribution >= 0.6 is 11.6 Å². The molecule has 34 heavy (non-hydrogen) atoms. The zero-order valence-electron chi connectivity index (χ0n) is 19.7. The van der Waals surface area contributed by atoms with Crippen LogP contribution in [0.25, 0.3) is 11.3 Å². The molecule has 1 atom stereocenters. The molecule has 1 aromatic heterocycles. The molecular weight excluding hydrogens is 463 g/mol. The Morgan fingerprint density at radius 3 is 2.71 bits per heavy atom. The molecule has 1 amide bonds. The number of nitrogens with one attached hydrogen (secondary N) is 1. The predicted octanol–water partition coefficient (Wildman–Crippen LogP) is 4.21. The third-order valence-corrected chi connectivity index (χ3v) is 6.09. The van der Waals surface area contributed by atoms with E-state index in [9.17, 15) is 9.59 Å². The third-order valence-electron chi connectivity index (χ3n) is 5.81. The average Bonchev–Trinajstić information content (AvgIpc) is 3.12. The summed E-state index contributed by atoms with van der Waals surface area (Å²) in [5, 5.41) is 3.41.